The first-order valence-electron chi connectivity index (χ1n) is 5.79. The molecule has 90 valence electrons. The van der Waals surface area contributed by atoms with Crippen molar-refractivity contribution in [2.75, 3.05) is 5.32 Å². The Morgan fingerprint density at radius 3 is 2.67 bits per heavy atom. The number of aryl methyl sites for hydroxylation is 1. The van der Waals surface area contributed by atoms with Crippen LogP contribution in [0.15, 0.2) is 42.5 Å². The number of halogens is 1. The van der Waals surface area contributed by atoms with E-state index < -0.39 is 5.82 Å². The van der Waals surface area contributed by atoms with Crippen molar-refractivity contribution in [3.8, 4) is 6.07 Å². The number of nitrogens with zero attached hydrogens (tertiary/aromatic N) is 1. The molecular weight excluding hydrogens is 227 g/mol. The Balaban J connectivity index is 2.37. The molecule has 0 aromatic heterocycles. The molecular formula is C15H13FN2. The number of rotatable bonds is 3. The predicted octanol–water partition coefficient (Wildman–Crippen LogP) is 4.00. The summed E-state index contributed by atoms with van der Waals surface area (Å²) in [6.45, 7) is 2.07. The molecule has 0 saturated heterocycles. The third kappa shape index (κ3) is 2.49. The van der Waals surface area contributed by atoms with Crippen molar-refractivity contribution in [1.82, 2.24) is 0 Å². The van der Waals surface area contributed by atoms with E-state index in [0.717, 1.165) is 17.7 Å². The highest BCUT2D eigenvalue weighted by molar-refractivity contribution is 5.68. The Morgan fingerprint density at radius 1 is 1.17 bits per heavy atom. The molecule has 3 heteroatoms. The van der Waals surface area contributed by atoms with Gasteiger partial charge in [0, 0.05) is 5.69 Å². The monoisotopic (exact) mass is 240 g/mol. The van der Waals surface area contributed by atoms with Crippen molar-refractivity contribution in [3.05, 3.63) is 59.4 Å². The number of benzene rings is 2. The smallest absolute Gasteiger partial charge is 0.124 e. The van der Waals surface area contributed by atoms with Gasteiger partial charge in [0.15, 0.2) is 0 Å². The number of hydrogen-bond donors (Lipinski definition) is 1. The van der Waals surface area contributed by atoms with Crippen LogP contribution in [-0.4, -0.2) is 0 Å². The van der Waals surface area contributed by atoms with E-state index in [1.807, 2.05) is 30.3 Å². The normalized spacial score (nSPS) is 9.83. The number of anilines is 2. The molecule has 2 nitrogen and oxygen atoms in total. The van der Waals surface area contributed by atoms with E-state index in [1.54, 1.807) is 6.07 Å². The molecule has 0 atom stereocenters. The van der Waals surface area contributed by atoms with E-state index in [4.69, 9.17) is 5.26 Å². The Morgan fingerprint density at radius 2 is 1.94 bits per heavy atom. The molecule has 0 fully saturated rings. The fraction of sp³-hybridized carbons (Fsp3) is 0.133. The van der Waals surface area contributed by atoms with Gasteiger partial charge in [0.2, 0.25) is 0 Å². The van der Waals surface area contributed by atoms with Gasteiger partial charge in [-0.25, -0.2) is 4.39 Å². The number of para-hydroxylation sites is 1. The lowest BCUT2D eigenvalue weighted by Gasteiger charge is -2.11. The first-order chi connectivity index (χ1) is 8.74. The Kier molecular flexibility index (Phi) is 3.59. The Labute approximate surface area is 106 Å². The second-order valence-electron chi connectivity index (χ2n) is 3.94. The van der Waals surface area contributed by atoms with Crippen LogP contribution < -0.4 is 5.32 Å². The van der Waals surface area contributed by atoms with Gasteiger partial charge in [-0.1, -0.05) is 25.1 Å². The van der Waals surface area contributed by atoms with E-state index in [9.17, 15) is 4.39 Å². The first-order valence-corrected chi connectivity index (χ1v) is 5.79. The number of nitriles is 1. The summed E-state index contributed by atoms with van der Waals surface area (Å²) in [4.78, 5) is 0. The highest BCUT2D eigenvalue weighted by Gasteiger charge is 2.06. The average molecular weight is 240 g/mol. The molecule has 0 aliphatic carbocycles. The number of nitrogens with one attached hydrogen (secondary N) is 1. The van der Waals surface area contributed by atoms with Gasteiger partial charge in [0.1, 0.15) is 11.9 Å². The van der Waals surface area contributed by atoms with Crippen molar-refractivity contribution >= 4 is 11.4 Å². The van der Waals surface area contributed by atoms with E-state index >= 15 is 0 Å². The minimum atomic E-state index is -0.402. The van der Waals surface area contributed by atoms with E-state index in [2.05, 4.69) is 12.2 Å². The summed E-state index contributed by atoms with van der Waals surface area (Å²) in [6, 6.07) is 14.0. The van der Waals surface area contributed by atoms with Crippen molar-refractivity contribution in [2.24, 2.45) is 0 Å². The lowest BCUT2D eigenvalue weighted by molar-refractivity contribution is 0.627. The highest BCUT2D eigenvalue weighted by Crippen LogP contribution is 2.24. The maximum Gasteiger partial charge on any atom is 0.124 e. The standard InChI is InChI=1S/C15H13FN2/c1-2-11-5-3-4-6-14(11)18-15-8-7-13(16)9-12(15)10-17/h3-9,18H,2H2,1H3. The van der Waals surface area contributed by atoms with Crippen LogP contribution in [0, 0.1) is 17.1 Å². The summed E-state index contributed by atoms with van der Waals surface area (Å²) in [7, 11) is 0. The molecule has 0 spiro atoms. The molecule has 2 aromatic rings. The molecule has 0 saturated carbocycles. The van der Waals surface area contributed by atoms with Crippen molar-refractivity contribution in [1.29, 1.82) is 5.26 Å². The van der Waals surface area contributed by atoms with Crippen LogP contribution in [0.5, 0.6) is 0 Å². The maximum atomic E-state index is 13.0. The molecule has 0 radical (unpaired) electrons. The fourth-order valence-corrected chi connectivity index (χ4v) is 1.81. The third-order valence-corrected chi connectivity index (χ3v) is 2.77. The van der Waals surface area contributed by atoms with E-state index in [0.29, 0.717) is 11.3 Å². The van der Waals surface area contributed by atoms with Crippen LogP contribution in [-0.2, 0) is 6.42 Å². The van der Waals surface area contributed by atoms with Gasteiger partial charge >= 0.3 is 0 Å². The lowest BCUT2D eigenvalue weighted by atomic mass is 10.1. The van der Waals surface area contributed by atoms with Crippen LogP contribution in [0.4, 0.5) is 15.8 Å². The van der Waals surface area contributed by atoms with Gasteiger partial charge in [-0.2, -0.15) is 5.26 Å². The zero-order chi connectivity index (χ0) is 13.0. The maximum absolute atomic E-state index is 13.0. The zero-order valence-electron chi connectivity index (χ0n) is 10.1. The molecule has 2 aromatic carbocycles. The zero-order valence-corrected chi connectivity index (χ0v) is 10.1. The van der Waals surface area contributed by atoms with Crippen LogP contribution >= 0.6 is 0 Å². The third-order valence-electron chi connectivity index (χ3n) is 2.77. The van der Waals surface area contributed by atoms with Crippen LogP contribution in [0.25, 0.3) is 0 Å². The van der Waals surface area contributed by atoms with Crippen LogP contribution in [0.2, 0.25) is 0 Å². The minimum Gasteiger partial charge on any atom is -0.354 e. The second-order valence-corrected chi connectivity index (χ2v) is 3.94. The van der Waals surface area contributed by atoms with Crippen LogP contribution in [0.1, 0.15) is 18.1 Å². The molecule has 0 bridgehead atoms. The quantitative estimate of drug-likeness (QED) is 0.880. The molecule has 18 heavy (non-hydrogen) atoms. The molecule has 0 unspecified atom stereocenters. The molecule has 0 amide bonds. The van der Waals surface area contributed by atoms with Gasteiger partial charge in [-0.3, -0.25) is 0 Å². The van der Waals surface area contributed by atoms with Crippen molar-refractivity contribution in [3.63, 3.8) is 0 Å². The first kappa shape index (κ1) is 12.1. The van der Waals surface area contributed by atoms with E-state index in [-0.39, 0.29) is 0 Å². The molecule has 0 heterocycles. The van der Waals surface area contributed by atoms with Gasteiger partial charge < -0.3 is 5.32 Å². The van der Waals surface area contributed by atoms with Crippen molar-refractivity contribution in [2.45, 2.75) is 13.3 Å². The molecule has 2 rings (SSSR count). The summed E-state index contributed by atoms with van der Waals surface area (Å²) in [6.07, 6.45) is 0.895. The van der Waals surface area contributed by atoms with Gasteiger partial charge in [-0.05, 0) is 36.2 Å². The molecule has 0 aliphatic rings. The number of hydrogen-bond acceptors (Lipinski definition) is 2. The summed E-state index contributed by atoms with van der Waals surface area (Å²) in [5, 5.41) is 12.2. The van der Waals surface area contributed by atoms with Gasteiger partial charge in [0.05, 0.1) is 11.3 Å². The summed E-state index contributed by atoms with van der Waals surface area (Å²) in [5.74, 6) is -0.402. The largest absolute Gasteiger partial charge is 0.354 e. The second kappa shape index (κ2) is 5.33. The predicted molar refractivity (Wildman–Crippen MR) is 70.2 cm³/mol. The minimum absolute atomic E-state index is 0.306. The molecule has 1 N–H and O–H groups in total. The SMILES string of the molecule is CCc1ccccc1Nc1ccc(F)cc1C#N. The fourth-order valence-electron chi connectivity index (χ4n) is 1.81. The van der Waals surface area contributed by atoms with Gasteiger partial charge in [0.25, 0.3) is 0 Å². The Bertz CT molecular complexity index is 600. The van der Waals surface area contributed by atoms with Gasteiger partial charge in [-0.15, -0.1) is 0 Å². The highest BCUT2D eigenvalue weighted by atomic mass is 19.1. The lowest BCUT2D eigenvalue weighted by Crippen LogP contribution is -1.97. The topological polar surface area (TPSA) is 35.8 Å². The average Bonchev–Trinajstić information content (AvgIpc) is 2.41. The molecule has 0 aliphatic heterocycles. The Hall–Kier alpha value is -2.34. The van der Waals surface area contributed by atoms with Crippen LogP contribution in [0.3, 0.4) is 0 Å². The summed E-state index contributed by atoms with van der Waals surface area (Å²) >= 11 is 0. The summed E-state index contributed by atoms with van der Waals surface area (Å²) < 4.78 is 13.0. The van der Waals surface area contributed by atoms with Crippen molar-refractivity contribution < 1.29 is 4.39 Å². The summed E-state index contributed by atoms with van der Waals surface area (Å²) in [5.41, 5.74) is 3.04. The van der Waals surface area contributed by atoms with E-state index in [1.165, 1.54) is 12.1 Å².